The van der Waals surface area contributed by atoms with Gasteiger partial charge in [-0.05, 0) is 47.3 Å². The molecule has 1 aromatic carbocycles. The van der Waals surface area contributed by atoms with Crippen molar-refractivity contribution in [3.8, 4) is 5.75 Å². The summed E-state index contributed by atoms with van der Waals surface area (Å²) in [7, 11) is 0. The fraction of sp³-hybridized carbons (Fsp3) is 0.455. The molecule has 5 heteroatoms. The Morgan fingerprint density at radius 3 is 2.69 bits per heavy atom. The highest BCUT2D eigenvalue weighted by Crippen LogP contribution is 2.34. The molecule has 0 aliphatic carbocycles. The zero-order valence-corrected chi connectivity index (χ0v) is 11.2. The molecule has 0 atom stereocenters. The third-order valence-corrected chi connectivity index (χ3v) is 2.89. The first-order valence-corrected chi connectivity index (χ1v) is 6.30. The van der Waals surface area contributed by atoms with E-state index in [1.54, 1.807) is 12.1 Å². The van der Waals surface area contributed by atoms with Crippen molar-refractivity contribution in [2.24, 2.45) is 0 Å². The van der Waals surface area contributed by atoms with Crippen molar-refractivity contribution in [2.75, 3.05) is 18.9 Å². The largest absolute Gasteiger partial charge is 0.490 e. The van der Waals surface area contributed by atoms with Crippen molar-refractivity contribution < 1.29 is 9.84 Å². The molecular weight excluding hydrogens is 293 g/mol. The van der Waals surface area contributed by atoms with Crippen LogP contribution >= 0.6 is 27.5 Å². The highest BCUT2D eigenvalue weighted by Gasteiger charge is 2.07. The number of hydrogen-bond acceptors (Lipinski definition) is 3. The maximum absolute atomic E-state index is 8.62. The summed E-state index contributed by atoms with van der Waals surface area (Å²) in [4.78, 5) is 0. The Kier molecular flexibility index (Phi) is 5.95. The Hall–Kier alpha value is -0.450. The van der Waals surface area contributed by atoms with Gasteiger partial charge in [0.25, 0.3) is 0 Å². The highest BCUT2D eigenvalue weighted by molar-refractivity contribution is 9.10. The second kappa shape index (κ2) is 6.99. The first-order valence-electron chi connectivity index (χ1n) is 5.13. The second-order valence-corrected chi connectivity index (χ2v) is 4.73. The fourth-order valence-corrected chi connectivity index (χ4v) is 2.25. The van der Waals surface area contributed by atoms with E-state index < -0.39 is 0 Å². The first-order chi connectivity index (χ1) is 7.65. The number of ether oxygens (including phenoxy) is 1. The lowest BCUT2D eigenvalue weighted by atomic mass is 10.2. The minimum atomic E-state index is 0.229. The maximum Gasteiger partial charge on any atom is 0.156 e. The van der Waals surface area contributed by atoms with E-state index in [9.17, 15) is 0 Å². The van der Waals surface area contributed by atoms with E-state index in [1.165, 1.54) is 0 Å². The van der Waals surface area contributed by atoms with Crippen LogP contribution in [0.3, 0.4) is 0 Å². The molecule has 0 fully saturated rings. The number of nitrogens with two attached hydrogens (primary N) is 1. The van der Waals surface area contributed by atoms with Crippen molar-refractivity contribution in [3.05, 3.63) is 21.6 Å². The zero-order valence-electron chi connectivity index (χ0n) is 8.88. The number of hydrogen-bond donors (Lipinski definition) is 2. The predicted molar refractivity (Wildman–Crippen MR) is 70.0 cm³/mol. The summed E-state index contributed by atoms with van der Waals surface area (Å²) in [5, 5.41) is 9.20. The molecule has 1 aromatic rings. The lowest BCUT2D eigenvalue weighted by Crippen LogP contribution is -2.01. The molecule has 0 bridgehead atoms. The van der Waals surface area contributed by atoms with Gasteiger partial charge in [-0.15, -0.1) is 0 Å². The molecule has 0 unspecified atom stereocenters. The molecule has 3 N–H and O–H groups in total. The van der Waals surface area contributed by atoms with Crippen molar-refractivity contribution in [1.82, 2.24) is 0 Å². The Bertz CT molecular complexity index is 324. The van der Waals surface area contributed by atoms with E-state index in [-0.39, 0.29) is 6.61 Å². The van der Waals surface area contributed by atoms with Gasteiger partial charge in [0, 0.05) is 11.6 Å². The van der Waals surface area contributed by atoms with Crippen LogP contribution in [0.15, 0.2) is 16.6 Å². The van der Waals surface area contributed by atoms with Gasteiger partial charge >= 0.3 is 0 Å². The number of aliphatic hydroxyl groups is 1. The van der Waals surface area contributed by atoms with Crippen molar-refractivity contribution in [2.45, 2.75) is 19.3 Å². The monoisotopic (exact) mass is 307 g/mol. The van der Waals surface area contributed by atoms with Gasteiger partial charge < -0.3 is 15.6 Å². The summed E-state index contributed by atoms with van der Waals surface area (Å²) in [6.07, 6.45) is 2.65. The topological polar surface area (TPSA) is 55.5 Å². The van der Waals surface area contributed by atoms with Gasteiger partial charge in [-0.3, -0.25) is 0 Å². The fourth-order valence-electron chi connectivity index (χ4n) is 1.30. The van der Waals surface area contributed by atoms with Gasteiger partial charge in [-0.2, -0.15) is 0 Å². The van der Waals surface area contributed by atoms with E-state index in [2.05, 4.69) is 15.9 Å². The van der Waals surface area contributed by atoms with E-state index in [4.69, 9.17) is 27.2 Å². The molecule has 16 heavy (non-hydrogen) atoms. The Morgan fingerprint density at radius 2 is 2.06 bits per heavy atom. The van der Waals surface area contributed by atoms with Crippen LogP contribution in [0.4, 0.5) is 5.69 Å². The summed E-state index contributed by atoms with van der Waals surface area (Å²) in [6, 6.07) is 3.41. The Balaban J connectivity index is 2.47. The zero-order chi connectivity index (χ0) is 12.0. The van der Waals surface area contributed by atoms with Crippen LogP contribution in [0.5, 0.6) is 5.75 Å². The van der Waals surface area contributed by atoms with Gasteiger partial charge in [-0.25, -0.2) is 0 Å². The molecule has 0 aromatic heterocycles. The summed E-state index contributed by atoms with van der Waals surface area (Å²) in [5.41, 5.74) is 6.31. The number of unbranched alkanes of at least 4 members (excludes halogenated alkanes) is 2. The van der Waals surface area contributed by atoms with Gasteiger partial charge in [-0.1, -0.05) is 11.6 Å². The number of benzene rings is 1. The molecule has 0 aliphatic heterocycles. The van der Waals surface area contributed by atoms with E-state index in [1.807, 2.05) is 0 Å². The van der Waals surface area contributed by atoms with Crippen molar-refractivity contribution in [1.29, 1.82) is 0 Å². The maximum atomic E-state index is 8.62. The van der Waals surface area contributed by atoms with Crippen LogP contribution in [-0.2, 0) is 0 Å². The van der Waals surface area contributed by atoms with Crippen molar-refractivity contribution in [3.63, 3.8) is 0 Å². The van der Waals surface area contributed by atoms with Crippen LogP contribution < -0.4 is 10.5 Å². The molecule has 0 spiro atoms. The first kappa shape index (κ1) is 13.6. The summed E-state index contributed by atoms with van der Waals surface area (Å²) in [5.74, 6) is 0.633. The molecule has 1 rings (SSSR count). The van der Waals surface area contributed by atoms with Crippen LogP contribution in [0.2, 0.25) is 5.02 Å². The summed E-state index contributed by atoms with van der Waals surface area (Å²) in [6.45, 7) is 0.817. The van der Waals surface area contributed by atoms with Gasteiger partial charge in [0.05, 0.1) is 16.8 Å². The van der Waals surface area contributed by atoms with Gasteiger partial charge in [0.2, 0.25) is 0 Å². The number of aliphatic hydroxyl groups excluding tert-OH is 1. The SMILES string of the molecule is Nc1cc(Cl)cc(Br)c1OCCCCCO. The van der Waals surface area contributed by atoms with E-state index >= 15 is 0 Å². The molecule has 0 amide bonds. The van der Waals surface area contributed by atoms with Crippen molar-refractivity contribution >= 4 is 33.2 Å². The Morgan fingerprint density at radius 1 is 1.31 bits per heavy atom. The van der Waals surface area contributed by atoms with Crippen LogP contribution in [0.25, 0.3) is 0 Å². The average Bonchev–Trinajstić information content (AvgIpc) is 2.20. The molecule has 0 saturated heterocycles. The van der Waals surface area contributed by atoms with Gasteiger partial charge in [0.15, 0.2) is 5.75 Å². The van der Waals surface area contributed by atoms with Crippen LogP contribution in [-0.4, -0.2) is 18.3 Å². The predicted octanol–water partition coefficient (Wildman–Crippen LogP) is 3.23. The summed E-state index contributed by atoms with van der Waals surface area (Å²) < 4.78 is 6.32. The lowest BCUT2D eigenvalue weighted by Gasteiger charge is -2.11. The number of anilines is 1. The third kappa shape index (κ3) is 4.20. The smallest absolute Gasteiger partial charge is 0.156 e. The minimum absolute atomic E-state index is 0.229. The standard InChI is InChI=1S/C11H15BrClNO2/c12-9-6-8(13)7-10(14)11(9)16-5-3-1-2-4-15/h6-7,15H,1-5,14H2. The van der Waals surface area contributed by atoms with Crippen LogP contribution in [0, 0.1) is 0 Å². The number of nitrogen functional groups attached to an aromatic ring is 1. The third-order valence-electron chi connectivity index (χ3n) is 2.09. The quantitative estimate of drug-likeness (QED) is 0.626. The van der Waals surface area contributed by atoms with Crippen LogP contribution in [0.1, 0.15) is 19.3 Å². The molecule has 3 nitrogen and oxygen atoms in total. The molecule has 0 heterocycles. The lowest BCUT2D eigenvalue weighted by molar-refractivity contribution is 0.266. The average molecular weight is 309 g/mol. The summed E-state index contributed by atoms with van der Waals surface area (Å²) >= 11 is 9.18. The second-order valence-electron chi connectivity index (χ2n) is 3.44. The highest BCUT2D eigenvalue weighted by atomic mass is 79.9. The Labute approximate surface area is 109 Å². The van der Waals surface area contributed by atoms with E-state index in [0.717, 1.165) is 23.7 Å². The van der Waals surface area contributed by atoms with E-state index in [0.29, 0.717) is 23.1 Å². The molecule has 0 saturated carbocycles. The number of halogens is 2. The molecule has 90 valence electrons. The minimum Gasteiger partial charge on any atom is -0.490 e. The number of rotatable bonds is 6. The molecular formula is C11H15BrClNO2. The molecule has 0 radical (unpaired) electrons. The normalized spacial score (nSPS) is 10.4. The van der Waals surface area contributed by atoms with Gasteiger partial charge in [0.1, 0.15) is 0 Å². The molecule has 0 aliphatic rings.